The van der Waals surface area contributed by atoms with E-state index in [4.69, 9.17) is 26.8 Å². The third-order valence-corrected chi connectivity index (χ3v) is 4.30. The SMILES string of the molecule is CC1(C)COc2cc(-c3cccc(Cl)c3)c(F)cc2C1OC(N)=O. The largest absolute Gasteiger partial charge is 0.492 e. The number of primary amides is 1. The molecule has 1 atom stereocenters. The maximum absolute atomic E-state index is 14.7. The highest BCUT2D eigenvalue weighted by Crippen LogP contribution is 2.47. The molecule has 2 aromatic carbocycles. The van der Waals surface area contributed by atoms with Gasteiger partial charge >= 0.3 is 6.09 Å². The van der Waals surface area contributed by atoms with Crippen molar-refractivity contribution in [2.45, 2.75) is 20.0 Å². The Balaban J connectivity index is 2.10. The topological polar surface area (TPSA) is 61.6 Å². The highest BCUT2D eigenvalue weighted by molar-refractivity contribution is 6.30. The Labute approximate surface area is 144 Å². The van der Waals surface area contributed by atoms with Gasteiger partial charge in [-0.15, -0.1) is 0 Å². The van der Waals surface area contributed by atoms with Crippen molar-refractivity contribution in [2.24, 2.45) is 11.1 Å². The van der Waals surface area contributed by atoms with E-state index in [9.17, 15) is 9.18 Å². The van der Waals surface area contributed by atoms with Crippen LogP contribution < -0.4 is 10.5 Å². The lowest BCUT2D eigenvalue weighted by Crippen LogP contribution is -2.37. The highest BCUT2D eigenvalue weighted by Gasteiger charge is 2.41. The molecule has 0 aromatic heterocycles. The van der Waals surface area contributed by atoms with E-state index in [-0.39, 0.29) is 0 Å². The van der Waals surface area contributed by atoms with Crippen molar-refractivity contribution in [1.29, 1.82) is 0 Å². The second kappa shape index (κ2) is 5.98. The molecular weight excluding hydrogens is 333 g/mol. The van der Waals surface area contributed by atoms with Crippen LogP contribution in [0.25, 0.3) is 11.1 Å². The van der Waals surface area contributed by atoms with E-state index < -0.39 is 23.4 Å². The molecule has 0 spiro atoms. The maximum atomic E-state index is 14.7. The van der Waals surface area contributed by atoms with Crippen molar-refractivity contribution in [3.63, 3.8) is 0 Å². The lowest BCUT2D eigenvalue weighted by Gasteiger charge is -2.38. The van der Waals surface area contributed by atoms with E-state index in [0.29, 0.717) is 34.1 Å². The first-order chi connectivity index (χ1) is 11.3. The molecule has 1 amide bonds. The fourth-order valence-corrected chi connectivity index (χ4v) is 3.07. The van der Waals surface area contributed by atoms with Gasteiger partial charge < -0.3 is 15.2 Å². The quantitative estimate of drug-likeness (QED) is 0.854. The molecule has 0 fully saturated rings. The van der Waals surface area contributed by atoms with Crippen LogP contribution >= 0.6 is 11.6 Å². The Bertz CT molecular complexity index is 807. The van der Waals surface area contributed by atoms with Crippen molar-refractivity contribution in [1.82, 2.24) is 0 Å². The Hall–Kier alpha value is -2.27. The number of ether oxygens (including phenoxy) is 2. The van der Waals surface area contributed by atoms with Gasteiger partial charge in [-0.3, -0.25) is 0 Å². The summed E-state index contributed by atoms with van der Waals surface area (Å²) in [5.41, 5.74) is 6.12. The van der Waals surface area contributed by atoms with Crippen LogP contribution in [0.5, 0.6) is 5.75 Å². The van der Waals surface area contributed by atoms with E-state index in [1.54, 1.807) is 30.3 Å². The number of benzene rings is 2. The lowest BCUT2D eigenvalue weighted by molar-refractivity contribution is -0.0178. The monoisotopic (exact) mass is 349 g/mol. The molecule has 0 saturated heterocycles. The van der Waals surface area contributed by atoms with Gasteiger partial charge in [0.15, 0.2) is 0 Å². The zero-order chi connectivity index (χ0) is 17.5. The summed E-state index contributed by atoms with van der Waals surface area (Å²) >= 11 is 5.98. The minimum Gasteiger partial charge on any atom is -0.492 e. The second-order valence-corrected chi connectivity index (χ2v) is 6.91. The van der Waals surface area contributed by atoms with E-state index in [0.717, 1.165) is 0 Å². The Kier molecular flexibility index (Phi) is 4.13. The van der Waals surface area contributed by atoms with Gasteiger partial charge in [0.05, 0.1) is 6.61 Å². The van der Waals surface area contributed by atoms with E-state index in [2.05, 4.69) is 0 Å². The normalized spacial score (nSPS) is 18.4. The molecule has 6 heteroatoms. The summed E-state index contributed by atoms with van der Waals surface area (Å²) in [7, 11) is 0. The Morgan fingerprint density at radius 2 is 2.12 bits per heavy atom. The molecule has 1 aliphatic rings. The fourth-order valence-electron chi connectivity index (χ4n) is 2.88. The maximum Gasteiger partial charge on any atom is 0.405 e. The number of halogens is 2. The summed E-state index contributed by atoms with van der Waals surface area (Å²) in [5, 5.41) is 0.515. The lowest BCUT2D eigenvalue weighted by atomic mass is 9.80. The Morgan fingerprint density at radius 1 is 1.38 bits per heavy atom. The minimum atomic E-state index is -0.903. The third-order valence-electron chi connectivity index (χ3n) is 4.06. The van der Waals surface area contributed by atoms with Gasteiger partial charge in [0, 0.05) is 21.6 Å². The van der Waals surface area contributed by atoms with Gasteiger partial charge in [-0.2, -0.15) is 0 Å². The van der Waals surface area contributed by atoms with E-state index in [1.165, 1.54) is 6.07 Å². The third kappa shape index (κ3) is 3.04. The molecule has 0 saturated carbocycles. The zero-order valence-electron chi connectivity index (χ0n) is 13.3. The smallest absolute Gasteiger partial charge is 0.405 e. The number of rotatable bonds is 2. The van der Waals surface area contributed by atoms with Gasteiger partial charge in [-0.05, 0) is 29.8 Å². The van der Waals surface area contributed by atoms with Crippen LogP contribution in [-0.2, 0) is 4.74 Å². The number of fused-ring (bicyclic) bond motifs is 1. The van der Waals surface area contributed by atoms with Gasteiger partial charge in [0.1, 0.15) is 17.7 Å². The molecule has 1 aliphatic heterocycles. The zero-order valence-corrected chi connectivity index (χ0v) is 14.1. The summed E-state index contributed by atoms with van der Waals surface area (Å²) in [5.74, 6) is 0.0207. The van der Waals surface area contributed by atoms with Crippen LogP contribution in [0.15, 0.2) is 36.4 Å². The van der Waals surface area contributed by atoms with Crippen LogP contribution in [-0.4, -0.2) is 12.7 Å². The number of carbonyl (C=O) groups is 1. The molecule has 0 radical (unpaired) electrons. The highest BCUT2D eigenvalue weighted by atomic mass is 35.5. The second-order valence-electron chi connectivity index (χ2n) is 6.47. The van der Waals surface area contributed by atoms with Crippen molar-refractivity contribution in [2.75, 3.05) is 6.61 Å². The molecule has 2 N–H and O–H groups in total. The average Bonchev–Trinajstić information content (AvgIpc) is 2.50. The molecule has 1 unspecified atom stereocenters. The van der Waals surface area contributed by atoms with Crippen LogP contribution in [0.2, 0.25) is 5.02 Å². The van der Waals surface area contributed by atoms with Gasteiger partial charge in [0.25, 0.3) is 0 Å². The number of carbonyl (C=O) groups excluding carboxylic acids is 1. The number of amides is 1. The van der Waals surface area contributed by atoms with Crippen LogP contribution in [0.3, 0.4) is 0 Å². The molecular formula is C18H17ClFNO3. The number of hydrogen-bond donors (Lipinski definition) is 1. The summed E-state index contributed by atoms with van der Waals surface area (Å²) in [6.07, 6.45) is -1.58. The van der Waals surface area contributed by atoms with Crippen LogP contribution in [0, 0.1) is 11.2 Å². The number of nitrogens with two attached hydrogens (primary N) is 1. The van der Waals surface area contributed by atoms with E-state index in [1.807, 2.05) is 13.8 Å². The van der Waals surface area contributed by atoms with Crippen LogP contribution in [0.4, 0.5) is 9.18 Å². The van der Waals surface area contributed by atoms with Crippen molar-refractivity contribution in [3.05, 3.63) is 52.8 Å². The van der Waals surface area contributed by atoms with Crippen molar-refractivity contribution >= 4 is 17.7 Å². The van der Waals surface area contributed by atoms with Gasteiger partial charge in [0.2, 0.25) is 0 Å². The fraction of sp³-hybridized carbons (Fsp3) is 0.278. The molecule has 24 heavy (non-hydrogen) atoms. The first-order valence-corrected chi connectivity index (χ1v) is 7.84. The predicted octanol–water partition coefficient (Wildman–Crippen LogP) is 4.70. The van der Waals surface area contributed by atoms with Crippen molar-refractivity contribution in [3.8, 4) is 16.9 Å². The summed E-state index contributed by atoms with van der Waals surface area (Å²) in [6, 6.07) is 9.84. The molecule has 0 bridgehead atoms. The van der Waals surface area contributed by atoms with Crippen LogP contribution in [0.1, 0.15) is 25.5 Å². The first-order valence-electron chi connectivity index (χ1n) is 7.46. The first kappa shape index (κ1) is 16.6. The summed E-state index contributed by atoms with van der Waals surface area (Å²) in [6.45, 7) is 4.05. The molecule has 126 valence electrons. The number of hydrogen-bond acceptors (Lipinski definition) is 3. The predicted molar refractivity (Wildman–Crippen MR) is 89.5 cm³/mol. The van der Waals surface area contributed by atoms with Gasteiger partial charge in [-0.1, -0.05) is 37.6 Å². The molecule has 0 aliphatic carbocycles. The summed E-state index contributed by atoms with van der Waals surface area (Å²) in [4.78, 5) is 11.2. The molecule has 3 rings (SSSR count). The standard InChI is InChI=1S/C18H17ClFNO3/c1-18(2)9-23-15-8-12(10-4-3-5-11(19)6-10)14(20)7-13(15)16(18)24-17(21)22/h3-8,16H,9H2,1-2H3,(H2,21,22). The molecule has 2 aromatic rings. The van der Waals surface area contributed by atoms with Gasteiger partial charge in [-0.25, -0.2) is 9.18 Å². The average molecular weight is 350 g/mol. The Morgan fingerprint density at radius 3 is 2.79 bits per heavy atom. The molecule has 1 heterocycles. The van der Waals surface area contributed by atoms with E-state index >= 15 is 0 Å². The minimum absolute atomic E-state index is 0.318. The van der Waals surface area contributed by atoms with Crippen molar-refractivity contribution < 1.29 is 18.7 Å². The summed E-state index contributed by atoms with van der Waals surface area (Å²) < 4.78 is 25.7. The molecule has 4 nitrogen and oxygen atoms in total.